The minimum Gasteiger partial charge on any atom is -0.333 e. The average molecular weight is 362 g/mol. The van der Waals surface area contributed by atoms with Crippen LogP contribution in [0.1, 0.15) is 43.7 Å². The van der Waals surface area contributed by atoms with Crippen LogP contribution < -0.4 is 5.32 Å². The van der Waals surface area contributed by atoms with Gasteiger partial charge in [-0.3, -0.25) is 9.78 Å². The maximum absolute atomic E-state index is 13.5. The highest BCUT2D eigenvalue weighted by Crippen LogP contribution is 2.57. The molecule has 4 bridgehead atoms. The summed E-state index contributed by atoms with van der Waals surface area (Å²) < 4.78 is 0. The molecule has 0 radical (unpaired) electrons. The highest BCUT2D eigenvalue weighted by atomic mass is 35.5. The van der Waals surface area contributed by atoms with Crippen LogP contribution >= 0.6 is 12.4 Å². The Hall–Kier alpha value is -1.13. The smallest absolute Gasteiger partial charge is 0.226 e. The van der Waals surface area contributed by atoms with Gasteiger partial charge in [0.15, 0.2) is 0 Å². The lowest BCUT2D eigenvalue weighted by molar-refractivity contribution is -0.152. The molecule has 4 saturated carbocycles. The number of hydrogen-bond donors (Lipinski definition) is 1. The number of aromatic nitrogens is 1. The van der Waals surface area contributed by atoms with Crippen molar-refractivity contribution in [2.24, 2.45) is 29.6 Å². The molecule has 0 spiro atoms. The van der Waals surface area contributed by atoms with Gasteiger partial charge >= 0.3 is 0 Å². The predicted molar refractivity (Wildman–Crippen MR) is 99.3 cm³/mol. The zero-order valence-electron chi connectivity index (χ0n) is 14.6. The van der Waals surface area contributed by atoms with Gasteiger partial charge in [0.1, 0.15) is 0 Å². The lowest BCUT2D eigenvalue weighted by Crippen LogP contribution is -2.56. The molecule has 25 heavy (non-hydrogen) atoms. The van der Waals surface area contributed by atoms with Gasteiger partial charge in [0.25, 0.3) is 0 Å². The lowest BCUT2D eigenvalue weighted by Gasteiger charge is -2.55. The first-order chi connectivity index (χ1) is 11.8. The van der Waals surface area contributed by atoms with E-state index in [4.69, 9.17) is 0 Å². The number of halogens is 1. The molecule has 1 aromatic rings. The Balaban J connectivity index is 0.00000157. The van der Waals surface area contributed by atoms with E-state index in [1.807, 2.05) is 18.5 Å². The van der Waals surface area contributed by atoms with Crippen molar-refractivity contribution in [3.8, 4) is 0 Å². The van der Waals surface area contributed by atoms with Crippen LogP contribution in [-0.4, -0.2) is 35.4 Å². The summed E-state index contributed by atoms with van der Waals surface area (Å²) in [7, 11) is 0. The number of amides is 1. The zero-order valence-corrected chi connectivity index (χ0v) is 15.5. The van der Waals surface area contributed by atoms with Crippen molar-refractivity contribution in [2.45, 2.75) is 38.1 Å². The molecule has 1 aliphatic heterocycles. The molecule has 1 amide bonds. The van der Waals surface area contributed by atoms with E-state index in [-0.39, 0.29) is 18.4 Å². The summed E-state index contributed by atoms with van der Waals surface area (Å²) in [5.41, 5.74) is 1.17. The second-order valence-corrected chi connectivity index (χ2v) is 8.49. The number of rotatable bonds is 2. The summed E-state index contributed by atoms with van der Waals surface area (Å²) in [4.78, 5) is 20.0. The zero-order chi connectivity index (χ0) is 16.1. The first-order valence-electron chi connectivity index (χ1n) is 9.70. The molecule has 1 saturated heterocycles. The lowest BCUT2D eigenvalue weighted by atomic mass is 9.51. The molecule has 1 atom stereocenters. The van der Waals surface area contributed by atoms with Crippen LogP contribution in [0.3, 0.4) is 0 Å². The Kier molecular flexibility index (Phi) is 4.76. The van der Waals surface area contributed by atoms with Gasteiger partial charge in [-0.1, -0.05) is 6.07 Å². The predicted octanol–water partition coefficient (Wildman–Crippen LogP) is 3.05. The Bertz CT molecular complexity index is 595. The van der Waals surface area contributed by atoms with E-state index in [9.17, 15) is 4.79 Å². The van der Waals surface area contributed by atoms with E-state index >= 15 is 0 Å². The third-order valence-electron chi connectivity index (χ3n) is 7.11. The van der Waals surface area contributed by atoms with Gasteiger partial charge < -0.3 is 10.2 Å². The van der Waals surface area contributed by atoms with Gasteiger partial charge in [0.05, 0.1) is 6.04 Å². The Labute approximate surface area is 156 Å². The summed E-state index contributed by atoms with van der Waals surface area (Å²) in [6, 6.07) is 4.24. The van der Waals surface area contributed by atoms with Crippen LogP contribution in [-0.2, 0) is 4.79 Å². The second kappa shape index (κ2) is 6.88. The Morgan fingerprint density at radius 1 is 1.12 bits per heavy atom. The average Bonchev–Trinajstić information content (AvgIpc) is 2.61. The van der Waals surface area contributed by atoms with Crippen LogP contribution in [0, 0.1) is 29.6 Å². The topological polar surface area (TPSA) is 45.2 Å². The molecule has 4 nitrogen and oxygen atoms in total. The monoisotopic (exact) mass is 361 g/mol. The van der Waals surface area contributed by atoms with E-state index in [1.165, 1.54) is 37.7 Å². The molecule has 136 valence electrons. The van der Waals surface area contributed by atoms with Crippen LogP contribution in [0.4, 0.5) is 0 Å². The maximum atomic E-state index is 13.5. The molecule has 1 unspecified atom stereocenters. The maximum Gasteiger partial charge on any atom is 0.226 e. The van der Waals surface area contributed by atoms with E-state index in [2.05, 4.69) is 21.3 Å². The fourth-order valence-corrected chi connectivity index (χ4v) is 6.36. The molecule has 1 aromatic heterocycles. The van der Waals surface area contributed by atoms with Crippen molar-refractivity contribution >= 4 is 18.3 Å². The number of carbonyl (C=O) groups excluding carboxylic acids is 1. The Morgan fingerprint density at radius 3 is 2.48 bits per heavy atom. The summed E-state index contributed by atoms with van der Waals surface area (Å²) in [5, 5.41) is 3.46. The largest absolute Gasteiger partial charge is 0.333 e. The fraction of sp³-hybridized carbons (Fsp3) is 0.700. The SMILES string of the molecule is Cl.O=C(C1C2CC3CC(C2)CC1C3)N1CCNCC1c1cccnc1. The summed E-state index contributed by atoms with van der Waals surface area (Å²) in [5.74, 6) is 3.92. The number of piperazine rings is 1. The van der Waals surface area contributed by atoms with E-state index in [0.717, 1.165) is 31.5 Å². The van der Waals surface area contributed by atoms with Gasteiger partial charge in [0.2, 0.25) is 5.91 Å². The molecular weight excluding hydrogens is 334 g/mol. The molecule has 5 heteroatoms. The molecule has 4 aliphatic carbocycles. The van der Waals surface area contributed by atoms with Gasteiger partial charge in [0, 0.05) is 37.9 Å². The van der Waals surface area contributed by atoms with Gasteiger partial charge in [-0.2, -0.15) is 0 Å². The number of nitrogens with zero attached hydrogens (tertiary/aromatic N) is 2. The van der Waals surface area contributed by atoms with Crippen molar-refractivity contribution in [1.29, 1.82) is 0 Å². The number of pyridine rings is 1. The van der Waals surface area contributed by atoms with E-state index in [0.29, 0.717) is 23.7 Å². The highest BCUT2D eigenvalue weighted by molar-refractivity contribution is 5.85. The van der Waals surface area contributed by atoms with Crippen molar-refractivity contribution in [1.82, 2.24) is 15.2 Å². The van der Waals surface area contributed by atoms with Crippen LogP contribution in [0.15, 0.2) is 24.5 Å². The normalized spacial score (nSPS) is 39.1. The standard InChI is InChI=1S/C20H27N3O.ClH/c24-20(19-16-7-13-6-14(9-16)10-17(19)8-13)23-5-4-22-12-18(23)15-2-1-3-21-11-15;/h1-3,11,13-14,16-19,22H,4-10,12H2;1H. The van der Waals surface area contributed by atoms with Crippen molar-refractivity contribution in [3.63, 3.8) is 0 Å². The fourth-order valence-electron chi connectivity index (χ4n) is 6.36. The van der Waals surface area contributed by atoms with Crippen molar-refractivity contribution in [2.75, 3.05) is 19.6 Å². The van der Waals surface area contributed by atoms with E-state index < -0.39 is 0 Å². The first kappa shape index (κ1) is 17.3. The van der Waals surface area contributed by atoms with Gasteiger partial charge in [-0.05, 0) is 67.4 Å². The minimum atomic E-state index is 0. The van der Waals surface area contributed by atoms with E-state index in [1.54, 1.807) is 0 Å². The van der Waals surface area contributed by atoms with Crippen molar-refractivity contribution in [3.05, 3.63) is 30.1 Å². The summed E-state index contributed by atoms with van der Waals surface area (Å²) in [6.45, 7) is 2.60. The molecule has 5 fully saturated rings. The van der Waals surface area contributed by atoms with Crippen LogP contribution in [0.5, 0.6) is 0 Å². The van der Waals surface area contributed by atoms with Crippen LogP contribution in [0.2, 0.25) is 0 Å². The third-order valence-corrected chi connectivity index (χ3v) is 7.11. The molecule has 1 N–H and O–H groups in total. The molecular formula is C20H28ClN3O. The quantitative estimate of drug-likeness (QED) is 0.880. The molecule has 0 aromatic carbocycles. The molecule has 2 heterocycles. The molecule has 5 aliphatic rings. The Morgan fingerprint density at radius 2 is 1.84 bits per heavy atom. The molecule has 6 rings (SSSR count). The summed E-state index contributed by atoms with van der Waals surface area (Å²) >= 11 is 0. The van der Waals surface area contributed by atoms with Crippen LogP contribution in [0.25, 0.3) is 0 Å². The minimum absolute atomic E-state index is 0. The van der Waals surface area contributed by atoms with Gasteiger partial charge in [-0.25, -0.2) is 0 Å². The summed E-state index contributed by atoms with van der Waals surface area (Å²) in [6.07, 6.45) is 10.4. The highest BCUT2D eigenvalue weighted by Gasteiger charge is 2.52. The van der Waals surface area contributed by atoms with Crippen molar-refractivity contribution < 1.29 is 4.79 Å². The first-order valence-corrected chi connectivity index (χ1v) is 9.70. The number of hydrogen-bond acceptors (Lipinski definition) is 3. The van der Waals surface area contributed by atoms with Gasteiger partial charge in [-0.15, -0.1) is 12.4 Å². The second-order valence-electron chi connectivity index (χ2n) is 8.49. The number of carbonyl (C=O) groups is 1. The number of nitrogens with one attached hydrogen (secondary N) is 1. The third kappa shape index (κ3) is 2.97.